The summed E-state index contributed by atoms with van der Waals surface area (Å²) in [6, 6.07) is 11.9. The Hall–Kier alpha value is -2.66. The highest BCUT2D eigenvalue weighted by Crippen LogP contribution is 2.24. The summed E-state index contributed by atoms with van der Waals surface area (Å²) in [6.07, 6.45) is 4.79. The van der Waals surface area contributed by atoms with Crippen molar-refractivity contribution in [1.29, 1.82) is 0 Å². The Kier molecular flexibility index (Phi) is 6.95. The van der Waals surface area contributed by atoms with E-state index in [0.29, 0.717) is 31.5 Å². The number of aliphatic hydroxyl groups is 1. The van der Waals surface area contributed by atoms with E-state index in [9.17, 15) is 13.5 Å². The molecular formula is C22H27N5O4S. The lowest BCUT2D eigenvalue weighted by atomic mass is 9.98. The van der Waals surface area contributed by atoms with Gasteiger partial charge in [0.05, 0.1) is 41.6 Å². The van der Waals surface area contributed by atoms with E-state index in [-0.39, 0.29) is 17.6 Å². The van der Waals surface area contributed by atoms with Crippen molar-refractivity contribution in [3.05, 3.63) is 60.4 Å². The molecule has 1 aromatic carbocycles. The van der Waals surface area contributed by atoms with Crippen molar-refractivity contribution in [3.8, 4) is 11.4 Å². The summed E-state index contributed by atoms with van der Waals surface area (Å²) in [5.41, 5.74) is 2.33. The second kappa shape index (κ2) is 9.86. The van der Waals surface area contributed by atoms with Crippen LogP contribution in [0.2, 0.25) is 0 Å². The first-order valence-corrected chi connectivity index (χ1v) is 12.1. The van der Waals surface area contributed by atoms with E-state index in [1.165, 1.54) is 0 Å². The third kappa shape index (κ3) is 5.39. The highest BCUT2D eigenvalue weighted by Gasteiger charge is 2.34. The van der Waals surface area contributed by atoms with Gasteiger partial charge < -0.3 is 9.84 Å². The van der Waals surface area contributed by atoms with Gasteiger partial charge in [0.25, 0.3) is 0 Å². The van der Waals surface area contributed by atoms with Crippen LogP contribution >= 0.6 is 0 Å². The maximum absolute atomic E-state index is 12.8. The maximum Gasteiger partial charge on any atom is 0.240 e. The molecule has 2 N–H and O–H groups in total. The van der Waals surface area contributed by atoms with Crippen molar-refractivity contribution in [2.45, 2.75) is 55.9 Å². The fourth-order valence-corrected chi connectivity index (χ4v) is 5.25. The Bertz CT molecular complexity index is 1140. The Labute approximate surface area is 187 Å². The molecule has 0 unspecified atom stereocenters. The van der Waals surface area contributed by atoms with E-state index in [1.54, 1.807) is 29.1 Å². The summed E-state index contributed by atoms with van der Waals surface area (Å²) in [5, 5.41) is 18.1. The van der Waals surface area contributed by atoms with Gasteiger partial charge in [-0.1, -0.05) is 23.4 Å². The van der Waals surface area contributed by atoms with Crippen molar-refractivity contribution >= 4 is 10.0 Å². The molecule has 9 nitrogen and oxygen atoms in total. The lowest BCUT2D eigenvalue weighted by Crippen LogP contribution is -2.50. The summed E-state index contributed by atoms with van der Waals surface area (Å²) in [5.74, 6) is 0. The summed E-state index contributed by atoms with van der Waals surface area (Å²) >= 11 is 0. The lowest BCUT2D eigenvalue weighted by Gasteiger charge is -2.36. The third-order valence-corrected chi connectivity index (χ3v) is 7.04. The van der Waals surface area contributed by atoms with Crippen molar-refractivity contribution < 1.29 is 18.3 Å². The van der Waals surface area contributed by atoms with Crippen LogP contribution in [0, 0.1) is 6.92 Å². The first kappa shape index (κ1) is 22.5. The van der Waals surface area contributed by atoms with E-state index < -0.39 is 22.2 Å². The number of hydrogen-bond donors (Lipinski definition) is 2. The molecular weight excluding hydrogens is 430 g/mol. The van der Waals surface area contributed by atoms with E-state index >= 15 is 0 Å². The Morgan fingerprint density at radius 2 is 2.06 bits per heavy atom. The van der Waals surface area contributed by atoms with Crippen molar-refractivity contribution in [2.24, 2.45) is 0 Å². The molecule has 4 rings (SSSR count). The molecule has 3 aromatic rings. The third-order valence-electron chi connectivity index (χ3n) is 5.55. The molecule has 170 valence electrons. The van der Waals surface area contributed by atoms with Gasteiger partial charge in [-0.3, -0.25) is 9.67 Å². The van der Waals surface area contributed by atoms with Gasteiger partial charge in [0.1, 0.15) is 5.69 Å². The summed E-state index contributed by atoms with van der Waals surface area (Å²) in [4.78, 5) is 4.49. The van der Waals surface area contributed by atoms with Gasteiger partial charge >= 0.3 is 0 Å². The quantitative estimate of drug-likeness (QED) is 0.530. The molecule has 1 aliphatic rings. The van der Waals surface area contributed by atoms with Crippen LogP contribution in [0.25, 0.3) is 11.4 Å². The normalized spacial score (nSPS) is 21.5. The van der Waals surface area contributed by atoms with Crippen LogP contribution in [0.4, 0.5) is 0 Å². The molecule has 0 aliphatic carbocycles. The molecule has 3 heterocycles. The van der Waals surface area contributed by atoms with Crippen molar-refractivity contribution in [1.82, 2.24) is 24.7 Å². The van der Waals surface area contributed by atoms with Gasteiger partial charge in [-0.2, -0.15) is 0 Å². The number of hydrogen-bond acceptors (Lipinski definition) is 7. The first-order chi connectivity index (χ1) is 15.4. The van der Waals surface area contributed by atoms with Crippen LogP contribution < -0.4 is 4.72 Å². The maximum atomic E-state index is 12.8. The van der Waals surface area contributed by atoms with Gasteiger partial charge in [0.2, 0.25) is 10.0 Å². The largest absolute Gasteiger partial charge is 0.394 e. The van der Waals surface area contributed by atoms with Crippen LogP contribution in [0.3, 0.4) is 0 Å². The van der Waals surface area contributed by atoms with Gasteiger partial charge in [-0.25, -0.2) is 13.1 Å². The average molecular weight is 458 g/mol. The monoisotopic (exact) mass is 457 g/mol. The van der Waals surface area contributed by atoms with Crippen LogP contribution in [-0.4, -0.2) is 58.4 Å². The Morgan fingerprint density at radius 3 is 2.81 bits per heavy atom. The molecule has 32 heavy (non-hydrogen) atoms. The minimum absolute atomic E-state index is 0.102. The number of sulfonamides is 1. The fraction of sp³-hybridized carbons (Fsp3) is 0.409. The predicted molar refractivity (Wildman–Crippen MR) is 118 cm³/mol. The molecule has 0 saturated carbocycles. The molecule has 0 bridgehead atoms. The SMILES string of the molecule is Cc1cccc(S(=O)(=O)N[C@@H]2CC[C@@H](CCn3cc(-c4ccccn4)nn3)O[C@H]2CO)c1. The number of rotatable bonds is 8. The number of pyridine rings is 1. The second-order valence-electron chi connectivity index (χ2n) is 7.97. The van der Waals surface area contributed by atoms with Gasteiger partial charge in [0, 0.05) is 12.7 Å². The minimum atomic E-state index is -3.69. The van der Waals surface area contributed by atoms with Crippen molar-refractivity contribution in [2.75, 3.05) is 6.61 Å². The van der Waals surface area contributed by atoms with Gasteiger partial charge in [-0.15, -0.1) is 5.10 Å². The minimum Gasteiger partial charge on any atom is -0.394 e. The summed E-state index contributed by atoms with van der Waals surface area (Å²) in [7, 11) is -3.69. The molecule has 3 atom stereocenters. The molecule has 0 spiro atoms. The summed E-state index contributed by atoms with van der Waals surface area (Å²) < 4.78 is 36.0. The smallest absolute Gasteiger partial charge is 0.240 e. The van der Waals surface area contributed by atoms with Crippen molar-refractivity contribution in [3.63, 3.8) is 0 Å². The molecule has 0 amide bonds. The summed E-state index contributed by atoms with van der Waals surface area (Å²) in [6.45, 7) is 2.19. The lowest BCUT2D eigenvalue weighted by molar-refractivity contribution is -0.0891. The molecule has 10 heteroatoms. The van der Waals surface area contributed by atoms with Gasteiger partial charge in [-0.05, 0) is 56.0 Å². The predicted octanol–water partition coefficient (Wildman–Crippen LogP) is 1.93. The number of benzene rings is 1. The first-order valence-electron chi connectivity index (χ1n) is 10.6. The van der Waals surface area contributed by atoms with E-state index in [2.05, 4.69) is 20.0 Å². The number of nitrogens with zero attached hydrogens (tertiary/aromatic N) is 4. The van der Waals surface area contributed by atoms with Crippen LogP contribution in [0.15, 0.2) is 59.8 Å². The Balaban J connectivity index is 1.33. The van der Waals surface area contributed by atoms with Crippen LogP contribution in [-0.2, 0) is 21.3 Å². The zero-order chi connectivity index (χ0) is 22.6. The number of aromatic nitrogens is 4. The Morgan fingerprint density at radius 1 is 1.19 bits per heavy atom. The molecule has 1 fully saturated rings. The standard InChI is InChI=1S/C22H27N5O4S/c1-16-5-4-6-18(13-16)32(29,30)25-20-9-8-17(31-22(20)15-28)10-12-27-14-21(24-26-27)19-7-2-3-11-23-19/h2-7,11,13-14,17,20,22,25,28H,8-10,12,15H2,1H3/t17-,20+,22-/m0/s1. The van der Waals surface area contributed by atoms with Gasteiger partial charge in [0.15, 0.2) is 0 Å². The highest BCUT2D eigenvalue weighted by molar-refractivity contribution is 7.89. The van der Waals surface area contributed by atoms with E-state index in [1.807, 2.05) is 37.4 Å². The number of aryl methyl sites for hydroxylation is 2. The average Bonchev–Trinajstić information content (AvgIpc) is 3.28. The van der Waals surface area contributed by atoms with Crippen LogP contribution in [0.5, 0.6) is 0 Å². The molecule has 1 aliphatic heterocycles. The van der Waals surface area contributed by atoms with E-state index in [4.69, 9.17) is 4.74 Å². The fourth-order valence-electron chi connectivity index (χ4n) is 3.84. The number of ether oxygens (including phenoxy) is 1. The topological polar surface area (TPSA) is 119 Å². The molecule has 1 saturated heterocycles. The van der Waals surface area contributed by atoms with Crippen LogP contribution in [0.1, 0.15) is 24.8 Å². The van der Waals surface area contributed by atoms with E-state index in [0.717, 1.165) is 11.3 Å². The molecule has 2 aromatic heterocycles. The number of nitrogens with one attached hydrogen (secondary N) is 1. The zero-order valence-electron chi connectivity index (χ0n) is 17.8. The molecule has 0 radical (unpaired) electrons. The highest BCUT2D eigenvalue weighted by atomic mass is 32.2. The zero-order valence-corrected chi connectivity index (χ0v) is 18.6. The number of aliphatic hydroxyl groups excluding tert-OH is 1. The second-order valence-corrected chi connectivity index (χ2v) is 9.69.